The van der Waals surface area contributed by atoms with Crippen molar-refractivity contribution in [3.05, 3.63) is 0 Å². The minimum atomic E-state index is -0.775. The molecule has 1 aliphatic rings. The first-order valence-corrected chi connectivity index (χ1v) is 6.22. The molecule has 0 radical (unpaired) electrons. The van der Waals surface area contributed by atoms with Crippen LogP contribution in [-0.4, -0.2) is 47.6 Å². The van der Waals surface area contributed by atoms with Crippen molar-refractivity contribution in [1.82, 2.24) is 10.2 Å². The van der Waals surface area contributed by atoms with Crippen LogP contribution < -0.4 is 5.32 Å². The summed E-state index contributed by atoms with van der Waals surface area (Å²) in [6.07, 6.45) is 1.58. The number of nitrogens with zero attached hydrogens (tertiary/aromatic N) is 1. The number of aliphatic carboxylic acids is 1. The molecule has 0 aromatic heterocycles. The molecule has 17 heavy (non-hydrogen) atoms. The first-order valence-electron chi connectivity index (χ1n) is 6.22. The van der Waals surface area contributed by atoms with E-state index in [1.54, 1.807) is 4.90 Å². The number of nitrogens with one attached hydrogen (secondary N) is 1. The van der Waals surface area contributed by atoms with Crippen LogP contribution in [0.4, 0.5) is 0 Å². The molecule has 0 atom stereocenters. The molecule has 1 saturated heterocycles. The Balaban J connectivity index is 2.05. The molecule has 1 fully saturated rings. The quantitative estimate of drug-likeness (QED) is 0.645. The van der Waals surface area contributed by atoms with E-state index in [0.29, 0.717) is 25.6 Å². The Kier molecular flexibility index (Phi) is 5.41. The molecule has 98 valence electrons. The van der Waals surface area contributed by atoms with Crippen LogP contribution in [0.1, 0.15) is 33.1 Å². The van der Waals surface area contributed by atoms with Gasteiger partial charge < -0.3 is 15.3 Å². The van der Waals surface area contributed by atoms with Crippen molar-refractivity contribution in [3.63, 3.8) is 0 Å². The molecule has 0 saturated carbocycles. The Hall–Kier alpha value is -1.10. The second kappa shape index (κ2) is 6.59. The van der Waals surface area contributed by atoms with Gasteiger partial charge in [-0.3, -0.25) is 9.59 Å². The van der Waals surface area contributed by atoms with E-state index in [1.807, 2.05) is 0 Å². The van der Waals surface area contributed by atoms with Crippen molar-refractivity contribution in [2.45, 2.75) is 39.2 Å². The zero-order valence-electron chi connectivity index (χ0n) is 10.6. The van der Waals surface area contributed by atoms with Crippen LogP contribution in [0, 0.1) is 5.92 Å². The highest BCUT2D eigenvalue weighted by Gasteiger charge is 2.31. The molecule has 0 aliphatic carbocycles. The monoisotopic (exact) mass is 242 g/mol. The molecule has 1 rings (SSSR count). The molecule has 0 spiro atoms. The topological polar surface area (TPSA) is 69.6 Å². The van der Waals surface area contributed by atoms with Crippen LogP contribution in [-0.2, 0) is 9.59 Å². The van der Waals surface area contributed by atoms with Gasteiger partial charge in [-0.25, -0.2) is 0 Å². The van der Waals surface area contributed by atoms with Crippen LogP contribution in [0.25, 0.3) is 0 Å². The van der Waals surface area contributed by atoms with Crippen LogP contribution in [0.3, 0.4) is 0 Å². The van der Waals surface area contributed by atoms with E-state index in [2.05, 4.69) is 19.2 Å². The van der Waals surface area contributed by atoms with Crippen molar-refractivity contribution in [2.75, 3.05) is 19.6 Å². The summed E-state index contributed by atoms with van der Waals surface area (Å²) in [6.45, 7) is 6.24. The van der Waals surface area contributed by atoms with Crippen molar-refractivity contribution in [1.29, 1.82) is 0 Å². The predicted octanol–water partition coefficient (Wildman–Crippen LogP) is 0.698. The summed E-state index contributed by atoms with van der Waals surface area (Å²) in [7, 11) is 0. The van der Waals surface area contributed by atoms with Crippen LogP contribution in [0.2, 0.25) is 0 Å². The molecule has 1 heterocycles. The van der Waals surface area contributed by atoms with E-state index in [4.69, 9.17) is 5.11 Å². The predicted molar refractivity (Wildman–Crippen MR) is 64.7 cm³/mol. The van der Waals surface area contributed by atoms with Gasteiger partial charge in [0.1, 0.15) is 0 Å². The number of hydrogen-bond donors (Lipinski definition) is 2. The van der Waals surface area contributed by atoms with E-state index in [1.165, 1.54) is 0 Å². The molecule has 1 aliphatic heterocycles. The molecular weight excluding hydrogens is 220 g/mol. The third kappa shape index (κ3) is 5.17. The summed E-state index contributed by atoms with van der Waals surface area (Å²) in [4.78, 5) is 23.8. The van der Waals surface area contributed by atoms with Crippen LogP contribution in [0.5, 0.6) is 0 Å². The highest BCUT2D eigenvalue weighted by atomic mass is 16.4. The zero-order valence-corrected chi connectivity index (χ0v) is 10.6. The second-order valence-corrected chi connectivity index (χ2v) is 4.97. The first kappa shape index (κ1) is 14.0. The van der Waals surface area contributed by atoms with Gasteiger partial charge in [-0.1, -0.05) is 13.8 Å². The maximum Gasteiger partial charge on any atom is 0.303 e. The number of amides is 1. The molecule has 0 aromatic rings. The Morgan fingerprint density at radius 1 is 1.41 bits per heavy atom. The second-order valence-electron chi connectivity index (χ2n) is 4.97. The lowest BCUT2D eigenvalue weighted by Crippen LogP contribution is -2.50. The van der Waals surface area contributed by atoms with E-state index in [9.17, 15) is 9.59 Å². The average Bonchev–Trinajstić information content (AvgIpc) is 2.16. The van der Waals surface area contributed by atoms with E-state index in [-0.39, 0.29) is 18.2 Å². The Morgan fingerprint density at radius 3 is 2.59 bits per heavy atom. The molecule has 0 aromatic carbocycles. The molecule has 1 amide bonds. The van der Waals surface area contributed by atoms with Gasteiger partial charge in [0.2, 0.25) is 5.91 Å². The largest absolute Gasteiger partial charge is 0.481 e. The highest BCUT2D eigenvalue weighted by Crippen LogP contribution is 2.19. The summed E-state index contributed by atoms with van der Waals surface area (Å²) in [6, 6.07) is 0.453. The van der Waals surface area contributed by atoms with Gasteiger partial charge in [0.15, 0.2) is 0 Å². The third-order valence-corrected chi connectivity index (χ3v) is 2.89. The van der Waals surface area contributed by atoms with E-state index < -0.39 is 5.97 Å². The Bertz CT molecular complexity index is 273. The van der Waals surface area contributed by atoms with E-state index >= 15 is 0 Å². The van der Waals surface area contributed by atoms with Gasteiger partial charge in [0.05, 0.1) is 6.42 Å². The van der Waals surface area contributed by atoms with Crippen molar-refractivity contribution >= 4 is 11.9 Å². The fraction of sp³-hybridized carbons (Fsp3) is 0.833. The SMILES string of the molecule is CC(C)NCCCC(=O)N1CC(CC(=O)O)C1. The normalized spacial score (nSPS) is 16.1. The zero-order chi connectivity index (χ0) is 12.8. The smallest absolute Gasteiger partial charge is 0.303 e. The summed E-state index contributed by atoms with van der Waals surface area (Å²) >= 11 is 0. The molecule has 0 unspecified atom stereocenters. The fourth-order valence-electron chi connectivity index (χ4n) is 1.94. The number of carboxylic acid groups (broad SMARTS) is 1. The van der Waals surface area contributed by atoms with Gasteiger partial charge in [-0.2, -0.15) is 0 Å². The molecule has 5 nitrogen and oxygen atoms in total. The summed E-state index contributed by atoms with van der Waals surface area (Å²) in [5.41, 5.74) is 0. The standard InChI is InChI=1S/C12H22N2O3/c1-9(2)13-5-3-4-11(15)14-7-10(8-14)6-12(16)17/h9-10,13H,3-8H2,1-2H3,(H,16,17). The summed E-state index contributed by atoms with van der Waals surface area (Å²) in [5.74, 6) is -0.467. The first-order chi connectivity index (χ1) is 7.99. The number of rotatable bonds is 7. The number of carbonyl (C=O) groups is 2. The van der Waals surface area contributed by atoms with Gasteiger partial charge in [0.25, 0.3) is 0 Å². The molecular formula is C12H22N2O3. The molecule has 0 bridgehead atoms. The van der Waals surface area contributed by atoms with Gasteiger partial charge in [-0.15, -0.1) is 0 Å². The lowest BCUT2D eigenvalue weighted by Gasteiger charge is -2.38. The summed E-state index contributed by atoms with van der Waals surface area (Å²) in [5, 5.41) is 11.8. The van der Waals surface area contributed by atoms with Gasteiger partial charge in [0, 0.05) is 31.5 Å². The number of carboxylic acids is 1. The minimum absolute atomic E-state index is 0.150. The van der Waals surface area contributed by atoms with E-state index in [0.717, 1.165) is 13.0 Å². The average molecular weight is 242 g/mol. The molecule has 2 N–H and O–H groups in total. The maximum absolute atomic E-state index is 11.7. The maximum atomic E-state index is 11.7. The van der Waals surface area contributed by atoms with Crippen molar-refractivity contribution in [2.24, 2.45) is 5.92 Å². The van der Waals surface area contributed by atoms with Gasteiger partial charge in [-0.05, 0) is 13.0 Å². The summed E-state index contributed by atoms with van der Waals surface area (Å²) < 4.78 is 0. The van der Waals surface area contributed by atoms with Crippen molar-refractivity contribution in [3.8, 4) is 0 Å². The minimum Gasteiger partial charge on any atom is -0.481 e. The van der Waals surface area contributed by atoms with Crippen LogP contribution in [0.15, 0.2) is 0 Å². The Morgan fingerprint density at radius 2 is 2.06 bits per heavy atom. The number of carbonyl (C=O) groups excluding carboxylic acids is 1. The lowest BCUT2D eigenvalue weighted by molar-refractivity contribution is -0.145. The Labute approximate surface area is 102 Å². The van der Waals surface area contributed by atoms with Crippen molar-refractivity contribution < 1.29 is 14.7 Å². The lowest BCUT2D eigenvalue weighted by atomic mass is 9.96. The third-order valence-electron chi connectivity index (χ3n) is 2.89. The van der Waals surface area contributed by atoms with Crippen LogP contribution >= 0.6 is 0 Å². The fourth-order valence-corrected chi connectivity index (χ4v) is 1.94. The number of likely N-dealkylation sites (tertiary alicyclic amines) is 1. The number of hydrogen-bond acceptors (Lipinski definition) is 3. The molecule has 5 heteroatoms. The van der Waals surface area contributed by atoms with Gasteiger partial charge >= 0.3 is 5.97 Å². The highest BCUT2D eigenvalue weighted by molar-refractivity contribution is 5.77.